The van der Waals surface area contributed by atoms with Gasteiger partial charge in [0.15, 0.2) is 0 Å². The Hall–Kier alpha value is -4.31. The Balaban J connectivity index is 1.24. The number of hydrogen-bond donors (Lipinski definition) is 3. The molecule has 12 nitrogen and oxygen atoms in total. The highest BCUT2D eigenvalue weighted by molar-refractivity contribution is 7.91. The van der Waals surface area contributed by atoms with Crippen molar-refractivity contribution in [1.82, 2.24) is 19.8 Å². The van der Waals surface area contributed by atoms with Crippen LogP contribution in [0, 0.1) is 5.92 Å². The van der Waals surface area contributed by atoms with Crippen molar-refractivity contribution in [3.8, 4) is 0 Å². The van der Waals surface area contributed by atoms with Crippen molar-refractivity contribution in [3.63, 3.8) is 0 Å². The smallest absolute Gasteiger partial charge is 0.416 e. The van der Waals surface area contributed by atoms with E-state index in [0.717, 1.165) is 28.2 Å². The van der Waals surface area contributed by atoms with Crippen molar-refractivity contribution < 1.29 is 45.5 Å². The van der Waals surface area contributed by atoms with Crippen LogP contribution in [0.2, 0.25) is 5.02 Å². The molecule has 4 amide bonds. The highest BCUT2D eigenvalue weighted by Gasteiger charge is 2.63. The van der Waals surface area contributed by atoms with E-state index < -0.39 is 74.1 Å². The summed E-state index contributed by atoms with van der Waals surface area (Å²) in [6.45, 7) is 8.83. The highest BCUT2D eigenvalue weighted by Crippen LogP contribution is 2.48. The third-order valence-corrected chi connectivity index (χ3v) is 13.2. The Kier molecular flexibility index (Phi) is 10.0. The van der Waals surface area contributed by atoms with Crippen LogP contribution in [0.15, 0.2) is 54.6 Å². The molecule has 1 saturated heterocycles. The number of carbonyl (C=O) groups excluding carboxylic acids is 4. The van der Waals surface area contributed by atoms with Gasteiger partial charge < -0.3 is 20.3 Å². The maximum absolute atomic E-state index is 14.3. The quantitative estimate of drug-likeness (QED) is 0.266. The van der Waals surface area contributed by atoms with Gasteiger partial charge in [-0.15, -0.1) is 0 Å². The van der Waals surface area contributed by atoms with Crippen molar-refractivity contribution in [1.29, 1.82) is 0 Å². The second kappa shape index (κ2) is 13.8. The minimum atomic E-state index is -4.64. The number of benzene rings is 2. The summed E-state index contributed by atoms with van der Waals surface area (Å²) in [5.74, 6) is -2.78. The van der Waals surface area contributed by atoms with E-state index in [1.807, 2.05) is 6.07 Å². The van der Waals surface area contributed by atoms with Crippen LogP contribution in [-0.2, 0) is 48.4 Å². The summed E-state index contributed by atoms with van der Waals surface area (Å²) in [6, 6.07) is 6.98. The van der Waals surface area contributed by atoms with Gasteiger partial charge in [-0.25, -0.2) is 13.2 Å². The average molecular weight is 780 g/mol. The van der Waals surface area contributed by atoms with E-state index in [1.165, 1.54) is 30.9 Å². The Morgan fingerprint density at radius 1 is 1.11 bits per heavy atom. The van der Waals surface area contributed by atoms with E-state index in [4.69, 9.17) is 16.3 Å². The lowest BCUT2D eigenvalue weighted by atomic mass is 10.1. The first-order chi connectivity index (χ1) is 24.8. The lowest BCUT2D eigenvalue weighted by Gasteiger charge is -2.30. The van der Waals surface area contributed by atoms with Crippen molar-refractivity contribution in [2.24, 2.45) is 5.92 Å². The number of nitrogens with zero attached hydrogens (tertiary/aromatic N) is 2. The summed E-state index contributed by atoms with van der Waals surface area (Å²) in [7, 11) is -4.03. The molecule has 0 spiro atoms. The lowest BCUT2D eigenvalue weighted by Crippen LogP contribution is -2.58. The summed E-state index contributed by atoms with van der Waals surface area (Å²) < 4.78 is 73.3. The second-order valence-corrected chi connectivity index (χ2v) is 17.2. The molecule has 53 heavy (non-hydrogen) atoms. The van der Waals surface area contributed by atoms with E-state index >= 15 is 0 Å². The molecular weight excluding hydrogens is 739 g/mol. The Labute approximate surface area is 310 Å². The largest absolute Gasteiger partial charge is 0.444 e. The molecule has 0 radical (unpaired) electrons. The molecule has 2 saturated carbocycles. The first-order valence-electron chi connectivity index (χ1n) is 17.3. The molecule has 3 N–H and O–H groups in total. The standard InChI is InChI=1S/C36H41ClF3N5O7S/c1-5-22-16-35(22,32(48)43-53(50,51)34(4)12-13-34)42-30(46)28-15-25(52-33(49)44-17-21-8-6-11-27(37)26(21)19-44)18-45(28)31(47)29(20(2)3)41-24-10-7-9-23(14-24)36(38,39)40/h6-11,14,22,25,28-29,41H,2,5,12-13,15-19H2,1,3-4H3,(H,42,46)(H,43,48)/t22-,25-,28+,29+,35-/m1/s1. The lowest BCUT2D eigenvalue weighted by molar-refractivity contribution is -0.139. The van der Waals surface area contributed by atoms with Crippen molar-refractivity contribution in [2.45, 2.75) is 101 Å². The molecule has 17 heteroatoms. The summed E-state index contributed by atoms with van der Waals surface area (Å²) in [6.07, 6.45) is -5.15. The van der Waals surface area contributed by atoms with Gasteiger partial charge in [0.1, 0.15) is 23.7 Å². The van der Waals surface area contributed by atoms with E-state index in [1.54, 1.807) is 19.1 Å². The van der Waals surface area contributed by atoms with Crippen LogP contribution in [-0.4, -0.2) is 77.1 Å². The molecule has 2 aromatic rings. The SMILES string of the molecule is C=C(C)[C@H](Nc1cccc(C(F)(F)F)c1)C(=O)N1C[C@H](OC(=O)N2Cc3cccc(Cl)c3C2)C[C@H]1C(=O)N[C@]1(C(=O)NS(=O)(=O)C2(C)CC2)C[C@H]1CC. The Morgan fingerprint density at radius 2 is 1.81 bits per heavy atom. The van der Waals surface area contributed by atoms with Gasteiger partial charge in [0.25, 0.3) is 5.91 Å². The van der Waals surface area contributed by atoms with Gasteiger partial charge in [0.05, 0.1) is 23.4 Å². The number of sulfonamides is 1. The molecule has 0 bridgehead atoms. The molecule has 0 aromatic heterocycles. The van der Waals surface area contributed by atoms with Gasteiger partial charge in [0.2, 0.25) is 21.8 Å². The van der Waals surface area contributed by atoms with Gasteiger partial charge in [-0.1, -0.05) is 49.7 Å². The molecule has 286 valence electrons. The molecule has 6 rings (SSSR count). The molecule has 0 unspecified atom stereocenters. The first-order valence-corrected chi connectivity index (χ1v) is 19.1. The van der Waals surface area contributed by atoms with Crippen LogP contribution < -0.4 is 15.4 Å². The zero-order chi connectivity index (χ0) is 38.7. The number of rotatable bonds is 11. The fraction of sp³-hybridized carbons (Fsp3) is 0.500. The number of hydrogen-bond acceptors (Lipinski definition) is 8. The number of amides is 4. The maximum atomic E-state index is 14.3. The maximum Gasteiger partial charge on any atom is 0.416 e. The topological polar surface area (TPSA) is 154 Å². The van der Waals surface area contributed by atoms with Gasteiger partial charge in [0, 0.05) is 23.7 Å². The second-order valence-electron chi connectivity index (χ2n) is 14.6. The van der Waals surface area contributed by atoms with Gasteiger partial charge >= 0.3 is 12.3 Å². The fourth-order valence-electron chi connectivity index (χ4n) is 7.01. The number of carbonyl (C=O) groups is 4. The van der Waals surface area contributed by atoms with Crippen LogP contribution >= 0.6 is 11.6 Å². The third-order valence-electron chi connectivity index (χ3n) is 10.7. The normalized spacial score (nSPS) is 24.8. The summed E-state index contributed by atoms with van der Waals surface area (Å²) in [4.78, 5) is 58.0. The number of ether oxygens (including phenoxy) is 1. The molecule has 5 atom stereocenters. The molecule has 2 aliphatic heterocycles. The predicted molar refractivity (Wildman–Crippen MR) is 189 cm³/mol. The first kappa shape index (κ1) is 38.4. The van der Waals surface area contributed by atoms with Gasteiger partial charge in [-0.3, -0.25) is 24.0 Å². The highest BCUT2D eigenvalue weighted by atomic mass is 35.5. The number of fused-ring (bicyclic) bond motifs is 1. The number of anilines is 1. The molecule has 2 aliphatic carbocycles. The molecule has 3 fully saturated rings. The van der Waals surface area contributed by atoms with Crippen LogP contribution in [0.25, 0.3) is 0 Å². The fourth-order valence-corrected chi connectivity index (χ4v) is 8.58. The number of nitrogens with one attached hydrogen (secondary N) is 3. The molecular formula is C36H41ClF3N5O7S. The summed E-state index contributed by atoms with van der Waals surface area (Å²) in [5.41, 5.74) is -0.688. The van der Waals surface area contributed by atoms with Gasteiger partial charge in [-0.05, 0) is 80.0 Å². The zero-order valence-corrected chi connectivity index (χ0v) is 31.0. The van der Waals surface area contributed by atoms with Gasteiger partial charge in [-0.2, -0.15) is 13.2 Å². The van der Waals surface area contributed by atoms with E-state index in [2.05, 4.69) is 21.9 Å². The van der Waals surface area contributed by atoms with Crippen molar-refractivity contribution in [2.75, 3.05) is 11.9 Å². The van der Waals surface area contributed by atoms with E-state index in [9.17, 15) is 40.8 Å². The minimum absolute atomic E-state index is 0.0263. The van der Waals surface area contributed by atoms with Crippen LogP contribution in [0.5, 0.6) is 0 Å². The number of alkyl halides is 3. The monoisotopic (exact) mass is 779 g/mol. The zero-order valence-electron chi connectivity index (χ0n) is 29.4. The summed E-state index contributed by atoms with van der Waals surface area (Å²) >= 11 is 6.33. The average Bonchev–Trinajstić information content (AvgIpc) is 3.89. The molecule has 2 aromatic carbocycles. The minimum Gasteiger partial charge on any atom is -0.444 e. The van der Waals surface area contributed by atoms with Crippen molar-refractivity contribution in [3.05, 3.63) is 76.3 Å². The summed E-state index contributed by atoms with van der Waals surface area (Å²) in [5, 5.41) is 6.03. The number of likely N-dealkylation sites (tertiary alicyclic amines) is 1. The van der Waals surface area contributed by atoms with E-state index in [0.29, 0.717) is 24.3 Å². The van der Waals surface area contributed by atoms with Crippen LogP contribution in [0.1, 0.15) is 69.6 Å². The molecule has 4 aliphatic rings. The Bertz CT molecular complexity index is 1970. The number of halogens is 4. The van der Waals surface area contributed by atoms with Crippen LogP contribution in [0.3, 0.4) is 0 Å². The van der Waals surface area contributed by atoms with Crippen molar-refractivity contribution >= 4 is 51.1 Å². The van der Waals surface area contributed by atoms with Crippen LogP contribution in [0.4, 0.5) is 23.7 Å². The molecule has 2 heterocycles. The third kappa shape index (κ3) is 7.57. The Morgan fingerprint density at radius 3 is 2.42 bits per heavy atom. The van der Waals surface area contributed by atoms with E-state index in [-0.39, 0.29) is 49.7 Å². The predicted octanol–water partition coefficient (Wildman–Crippen LogP) is 5.12.